The third-order valence-electron chi connectivity index (χ3n) is 3.68. The highest BCUT2D eigenvalue weighted by molar-refractivity contribution is 5.31. The van der Waals surface area contributed by atoms with Crippen molar-refractivity contribution in [1.82, 2.24) is 4.90 Å². The molecule has 0 radical (unpaired) electrons. The van der Waals surface area contributed by atoms with Crippen LogP contribution in [0.2, 0.25) is 0 Å². The Labute approximate surface area is 125 Å². The highest BCUT2D eigenvalue weighted by atomic mass is 19.1. The van der Waals surface area contributed by atoms with Crippen molar-refractivity contribution in [2.24, 2.45) is 5.73 Å². The number of hydrogen-bond donors (Lipinski definition) is 1. The van der Waals surface area contributed by atoms with Crippen LogP contribution in [0.1, 0.15) is 31.7 Å². The van der Waals surface area contributed by atoms with Gasteiger partial charge in [0, 0.05) is 12.6 Å². The first-order valence-corrected chi connectivity index (χ1v) is 7.65. The van der Waals surface area contributed by atoms with Gasteiger partial charge in [0.05, 0.1) is 6.61 Å². The molecule has 0 bridgehead atoms. The van der Waals surface area contributed by atoms with Crippen LogP contribution in [0.5, 0.6) is 5.75 Å². The SMILES string of the molecule is CC(N)Cc1cc(F)c(OCCCN2CCCC2)c(F)c1. The van der Waals surface area contributed by atoms with E-state index in [0.29, 0.717) is 18.6 Å². The predicted molar refractivity (Wildman–Crippen MR) is 79.5 cm³/mol. The van der Waals surface area contributed by atoms with Crippen molar-refractivity contribution in [3.63, 3.8) is 0 Å². The molecule has 0 aliphatic carbocycles. The first-order chi connectivity index (χ1) is 10.1. The number of nitrogens with two attached hydrogens (primary N) is 1. The lowest BCUT2D eigenvalue weighted by molar-refractivity contribution is 0.247. The van der Waals surface area contributed by atoms with Crippen LogP contribution in [0.4, 0.5) is 8.78 Å². The van der Waals surface area contributed by atoms with Gasteiger partial charge in [0.15, 0.2) is 17.4 Å². The Hall–Kier alpha value is -1.20. The Kier molecular flexibility index (Phi) is 5.94. The summed E-state index contributed by atoms with van der Waals surface area (Å²) in [6.07, 6.45) is 3.71. The summed E-state index contributed by atoms with van der Waals surface area (Å²) in [5, 5.41) is 0. The molecule has 0 saturated carbocycles. The predicted octanol–water partition coefficient (Wildman–Crippen LogP) is 2.72. The minimum Gasteiger partial charge on any atom is -0.488 e. The Balaban J connectivity index is 1.84. The van der Waals surface area contributed by atoms with Crippen molar-refractivity contribution >= 4 is 0 Å². The molecular weight excluding hydrogens is 274 g/mol. The highest BCUT2D eigenvalue weighted by Gasteiger charge is 2.14. The van der Waals surface area contributed by atoms with Crippen molar-refractivity contribution in [2.45, 2.75) is 38.6 Å². The first kappa shape index (κ1) is 16.2. The topological polar surface area (TPSA) is 38.5 Å². The second-order valence-electron chi connectivity index (χ2n) is 5.82. The van der Waals surface area contributed by atoms with E-state index >= 15 is 0 Å². The van der Waals surface area contributed by atoms with Crippen molar-refractivity contribution in [3.05, 3.63) is 29.3 Å². The standard InChI is InChI=1S/C16H24F2N2O/c1-12(19)9-13-10-14(17)16(15(18)11-13)21-8-4-7-20-5-2-3-6-20/h10-12H,2-9,19H2,1H3. The molecular formula is C16H24F2N2O. The van der Waals surface area contributed by atoms with Gasteiger partial charge in [0.2, 0.25) is 0 Å². The molecule has 1 atom stereocenters. The van der Waals surface area contributed by atoms with E-state index < -0.39 is 11.6 Å². The van der Waals surface area contributed by atoms with Gasteiger partial charge in [0.25, 0.3) is 0 Å². The Morgan fingerprint density at radius 2 is 1.86 bits per heavy atom. The van der Waals surface area contributed by atoms with Crippen LogP contribution >= 0.6 is 0 Å². The van der Waals surface area contributed by atoms with Crippen LogP contribution < -0.4 is 10.5 Å². The van der Waals surface area contributed by atoms with Gasteiger partial charge in [-0.3, -0.25) is 0 Å². The highest BCUT2D eigenvalue weighted by Crippen LogP contribution is 2.24. The molecule has 1 fully saturated rings. The van der Waals surface area contributed by atoms with E-state index in [-0.39, 0.29) is 11.8 Å². The van der Waals surface area contributed by atoms with E-state index in [2.05, 4.69) is 4.90 Å². The van der Waals surface area contributed by atoms with E-state index in [0.717, 1.165) is 26.1 Å². The molecule has 2 rings (SSSR count). The van der Waals surface area contributed by atoms with Gasteiger partial charge in [-0.25, -0.2) is 8.78 Å². The van der Waals surface area contributed by atoms with Gasteiger partial charge in [0.1, 0.15) is 0 Å². The molecule has 1 aromatic carbocycles. The smallest absolute Gasteiger partial charge is 0.190 e. The third kappa shape index (κ3) is 4.93. The van der Waals surface area contributed by atoms with Gasteiger partial charge < -0.3 is 15.4 Å². The molecule has 21 heavy (non-hydrogen) atoms. The fourth-order valence-electron chi connectivity index (χ4n) is 2.71. The summed E-state index contributed by atoms with van der Waals surface area (Å²) in [4.78, 5) is 2.35. The fourth-order valence-corrected chi connectivity index (χ4v) is 2.71. The van der Waals surface area contributed by atoms with E-state index in [9.17, 15) is 8.78 Å². The average molecular weight is 298 g/mol. The van der Waals surface area contributed by atoms with Crippen molar-refractivity contribution in [1.29, 1.82) is 0 Å². The van der Waals surface area contributed by atoms with Gasteiger partial charge >= 0.3 is 0 Å². The minimum absolute atomic E-state index is 0.129. The van der Waals surface area contributed by atoms with Gasteiger partial charge in [-0.15, -0.1) is 0 Å². The molecule has 1 saturated heterocycles. The summed E-state index contributed by atoms with van der Waals surface area (Å²) in [6, 6.07) is 2.49. The fraction of sp³-hybridized carbons (Fsp3) is 0.625. The number of likely N-dealkylation sites (tertiary alicyclic amines) is 1. The number of ether oxygens (including phenoxy) is 1. The largest absolute Gasteiger partial charge is 0.488 e. The number of nitrogens with zero attached hydrogens (tertiary/aromatic N) is 1. The molecule has 5 heteroatoms. The molecule has 0 spiro atoms. The molecule has 1 aromatic rings. The summed E-state index contributed by atoms with van der Waals surface area (Å²) in [5.41, 5.74) is 6.20. The Morgan fingerprint density at radius 3 is 2.43 bits per heavy atom. The minimum atomic E-state index is -0.646. The zero-order valence-corrected chi connectivity index (χ0v) is 12.6. The molecule has 1 unspecified atom stereocenters. The van der Waals surface area contributed by atoms with Crippen LogP contribution in [0.25, 0.3) is 0 Å². The zero-order valence-electron chi connectivity index (χ0n) is 12.6. The monoisotopic (exact) mass is 298 g/mol. The lowest BCUT2D eigenvalue weighted by atomic mass is 10.1. The maximum Gasteiger partial charge on any atom is 0.190 e. The van der Waals surface area contributed by atoms with Gasteiger partial charge in [-0.2, -0.15) is 0 Å². The summed E-state index contributed by atoms with van der Waals surface area (Å²) >= 11 is 0. The molecule has 3 nitrogen and oxygen atoms in total. The molecule has 1 aliphatic heterocycles. The lowest BCUT2D eigenvalue weighted by Crippen LogP contribution is -2.22. The van der Waals surface area contributed by atoms with Gasteiger partial charge in [-0.05, 0) is 63.4 Å². The zero-order chi connectivity index (χ0) is 15.2. The summed E-state index contributed by atoms with van der Waals surface area (Å²) in [6.45, 7) is 5.30. The lowest BCUT2D eigenvalue weighted by Gasteiger charge is -2.15. The number of benzene rings is 1. The number of hydrogen-bond acceptors (Lipinski definition) is 3. The Bertz CT molecular complexity index is 437. The molecule has 118 valence electrons. The van der Waals surface area contributed by atoms with Crippen molar-refractivity contribution in [3.8, 4) is 5.75 Å². The van der Waals surface area contributed by atoms with Crippen LogP contribution in [-0.2, 0) is 6.42 Å². The van der Waals surface area contributed by atoms with E-state index in [1.807, 2.05) is 0 Å². The quantitative estimate of drug-likeness (QED) is 0.787. The van der Waals surface area contributed by atoms with Crippen molar-refractivity contribution < 1.29 is 13.5 Å². The van der Waals surface area contributed by atoms with Crippen LogP contribution in [0.15, 0.2) is 12.1 Å². The molecule has 1 heterocycles. The second kappa shape index (κ2) is 7.71. The second-order valence-corrected chi connectivity index (χ2v) is 5.82. The summed E-state index contributed by atoms with van der Waals surface area (Å²) in [5.74, 6) is -1.57. The van der Waals surface area contributed by atoms with E-state index in [1.54, 1.807) is 6.92 Å². The summed E-state index contributed by atoms with van der Waals surface area (Å²) < 4.78 is 33.0. The maximum atomic E-state index is 13.9. The third-order valence-corrected chi connectivity index (χ3v) is 3.68. The van der Waals surface area contributed by atoms with Gasteiger partial charge in [-0.1, -0.05) is 0 Å². The van der Waals surface area contributed by atoms with Crippen LogP contribution in [-0.4, -0.2) is 37.2 Å². The maximum absolute atomic E-state index is 13.9. The molecule has 0 amide bonds. The Morgan fingerprint density at radius 1 is 1.24 bits per heavy atom. The number of rotatable bonds is 7. The summed E-state index contributed by atoms with van der Waals surface area (Å²) in [7, 11) is 0. The van der Waals surface area contributed by atoms with Crippen molar-refractivity contribution in [2.75, 3.05) is 26.2 Å². The normalized spacial score (nSPS) is 17.1. The average Bonchev–Trinajstić information content (AvgIpc) is 2.89. The molecule has 2 N–H and O–H groups in total. The van der Waals surface area contributed by atoms with E-state index in [4.69, 9.17) is 10.5 Å². The molecule has 1 aliphatic rings. The first-order valence-electron chi connectivity index (χ1n) is 7.65. The van der Waals surface area contributed by atoms with Crippen LogP contribution in [0, 0.1) is 11.6 Å². The number of halogens is 2. The van der Waals surface area contributed by atoms with Crippen LogP contribution in [0.3, 0.4) is 0 Å². The molecule has 0 aromatic heterocycles. The van der Waals surface area contributed by atoms with E-state index in [1.165, 1.54) is 25.0 Å².